The molecule has 25 heavy (non-hydrogen) atoms. The number of carbonyl (C=O) groups is 1. The van der Waals surface area contributed by atoms with Gasteiger partial charge in [0.2, 0.25) is 0 Å². The number of nitrogens with zero attached hydrogens (tertiary/aromatic N) is 3. The van der Waals surface area contributed by atoms with E-state index in [-0.39, 0.29) is 12.4 Å². The van der Waals surface area contributed by atoms with Crippen molar-refractivity contribution >= 4 is 17.5 Å². The van der Waals surface area contributed by atoms with E-state index in [2.05, 4.69) is 9.97 Å². The van der Waals surface area contributed by atoms with Crippen molar-refractivity contribution in [1.29, 1.82) is 0 Å². The molecule has 1 aliphatic rings. The average molecular weight is 348 g/mol. The smallest absolute Gasteiger partial charge is 0.414 e. The number of fused-ring (bicyclic) bond motifs is 1. The summed E-state index contributed by atoms with van der Waals surface area (Å²) in [5, 5.41) is 0. The van der Waals surface area contributed by atoms with Crippen LogP contribution >= 0.6 is 0 Å². The molecule has 0 saturated carbocycles. The van der Waals surface area contributed by atoms with Gasteiger partial charge >= 0.3 is 6.09 Å². The van der Waals surface area contributed by atoms with E-state index in [1.165, 1.54) is 11.0 Å². The highest BCUT2D eigenvalue weighted by atomic mass is 19.1. The maximum atomic E-state index is 14.6. The number of H-pyrrole nitrogens is 1. The van der Waals surface area contributed by atoms with Crippen molar-refractivity contribution in [3.8, 4) is 5.75 Å². The van der Waals surface area contributed by atoms with Crippen LogP contribution in [0.15, 0.2) is 24.7 Å². The summed E-state index contributed by atoms with van der Waals surface area (Å²) >= 11 is 0. The molecule has 0 spiro atoms. The number of ether oxygens (including phenoxy) is 2. The zero-order valence-electron chi connectivity index (χ0n) is 14.3. The van der Waals surface area contributed by atoms with Gasteiger partial charge in [-0.25, -0.2) is 14.2 Å². The molecule has 3 rings (SSSR count). The fourth-order valence-corrected chi connectivity index (χ4v) is 2.83. The lowest BCUT2D eigenvalue weighted by atomic mass is 10.2. The van der Waals surface area contributed by atoms with Crippen LogP contribution < -0.4 is 14.5 Å². The van der Waals surface area contributed by atoms with Crippen LogP contribution in [0.5, 0.6) is 5.75 Å². The lowest BCUT2D eigenvalue weighted by Crippen LogP contribution is -2.34. The number of aromatic nitrogens is 2. The first-order valence-corrected chi connectivity index (χ1v) is 8.27. The molecule has 1 aromatic heterocycles. The van der Waals surface area contributed by atoms with Crippen LogP contribution in [0.4, 0.5) is 20.6 Å². The molecule has 1 aliphatic heterocycles. The highest BCUT2D eigenvalue weighted by Crippen LogP contribution is 2.38. The normalized spacial score (nSPS) is 13.2. The highest BCUT2D eigenvalue weighted by molar-refractivity contribution is 5.89. The van der Waals surface area contributed by atoms with Gasteiger partial charge in [-0.15, -0.1) is 0 Å². The number of amides is 1. The topological polar surface area (TPSA) is 70.7 Å². The SMILES string of the molecule is CCOC(=O)N(CC)c1cc(F)c2c(c1)N(Cc1c[nH]cn1)CCO2. The molecule has 2 heterocycles. The Morgan fingerprint density at radius 3 is 3.00 bits per heavy atom. The number of aromatic amines is 1. The van der Waals surface area contributed by atoms with E-state index in [0.29, 0.717) is 37.6 Å². The van der Waals surface area contributed by atoms with Gasteiger partial charge in [-0.3, -0.25) is 4.90 Å². The van der Waals surface area contributed by atoms with Crippen molar-refractivity contribution < 1.29 is 18.7 Å². The molecule has 0 bridgehead atoms. The molecule has 7 nitrogen and oxygen atoms in total. The summed E-state index contributed by atoms with van der Waals surface area (Å²) in [4.78, 5) is 22.6. The lowest BCUT2D eigenvalue weighted by Gasteiger charge is -2.32. The third kappa shape index (κ3) is 3.52. The standard InChI is InChI=1S/C17H21FN4O3/c1-3-22(17(23)24-4-2)13-7-14(18)16-15(8-13)21(5-6-25-16)10-12-9-19-11-20-12/h7-9,11H,3-6,10H2,1-2H3,(H,19,20). The molecule has 0 atom stereocenters. The van der Waals surface area contributed by atoms with E-state index in [9.17, 15) is 9.18 Å². The van der Waals surface area contributed by atoms with Crippen molar-refractivity contribution in [2.75, 3.05) is 36.1 Å². The predicted molar refractivity (Wildman–Crippen MR) is 91.6 cm³/mol. The number of benzene rings is 1. The fraction of sp³-hybridized carbons (Fsp3) is 0.412. The van der Waals surface area contributed by atoms with Crippen LogP contribution in [-0.2, 0) is 11.3 Å². The fourth-order valence-electron chi connectivity index (χ4n) is 2.83. The minimum Gasteiger partial charge on any atom is -0.486 e. The number of hydrogen-bond donors (Lipinski definition) is 1. The summed E-state index contributed by atoms with van der Waals surface area (Å²) in [5.41, 5.74) is 1.89. The Balaban J connectivity index is 1.95. The largest absolute Gasteiger partial charge is 0.486 e. The van der Waals surface area contributed by atoms with Crippen LogP contribution in [0.1, 0.15) is 19.5 Å². The minimum atomic E-state index is -0.500. The van der Waals surface area contributed by atoms with Crippen molar-refractivity contribution in [2.45, 2.75) is 20.4 Å². The first-order valence-electron chi connectivity index (χ1n) is 8.27. The maximum Gasteiger partial charge on any atom is 0.414 e. The van der Waals surface area contributed by atoms with E-state index in [0.717, 1.165) is 5.69 Å². The van der Waals surface area contributed by atoms with Gasteiger partial charge in [-0.2, -0.15) is 0 Å². The Labute approximate surface area is 145 Å². The number of hydrogen-bond acceptors (Lipinski definition) is 5. The summed E-state index contributed by atoms with van der Waals surface area (Å²) in [6.07, 6.45) is 2.90. The first-order chi connectivity index (χ1) is 12.1. The minimum absolute atomic E-state index is 0.199. The Hall–Kier alpha value is -2.77. The van der Waals surface area contributed by atoms with Crippen LogP contribution in [-0.4, -0.2) is 42.4 Å². The molecular weight excluding hydrogens is 327 g/mol. The summed E-state index contributed by atoms with van der Waals surface area (Å²) in [6, 6.07) is 3.06. The molecule has 0 unspecified atom stereocenters. The van der Waals surface area contributed by atoms with Crippen LogP contribution in [0.25, 0.3) is 0 Å². The Bertz CT molecular complexity index is 736. The molecule has 0 fully saturated rings. The van der Waals surface area contributed by atoms with Crippen LogP contribution in [0, 0.1) is 5.82 Å². The van der Waals surface area contributed by atoms with Gasteiger partial charge in [0.15, 0.2) is 11.6 Å². The third-order valence-electron chi connectivity index (χ3n) is 3.98. The molecule has 0 saturated heterocycles. The van der Waals surface area contributed by atoms with E-state index in [1.807, 2.05) is 11.8 Å². The van der Waals surface area contributed by atoms with Gasteiger partial charge in [-0.05, 0) is 19.9 Å². The number of imidazole rings is 1. The maximum absolute atomic E-state index is 14.6. The second-order valence-corrected chi connectivity index (χ2v) is 5.55. The molecule has 1 amide bonds. The highest BCUT2D eigenvalue weighted by Gasteiger charge is 2.26. The summed E-state index contributed by atoms with van der Waals surface area (Å²) in [7, 11) is 0. The van der Waals surface area contributed by atoms with E-state index >= 15 is 0 Å². The van der Waals surface area contributed by atoms with Crippen molar-refractivity contribution in [3.63, 3.8) is 0 Å². The van der Waals surface area contributed by atoms with E-state index in [1.54, 1.807) is 25.5 Å². The molecule has 1 N–H and O–H groups in total. The van der Waals surface area contributed by atoms with Gasteiger partial charge in [-0.1, -0.05) is 0 Å². The summed E-state index contributed by atoms with van der Waals surface area (Å²) in [6.45, 7) is 5.70. The molecule has 0 radical (unpaired) electrons. The lowest BCUT2D eigenvalue weighted by molar-refractivity contribution is 0.160. The molecule has 8 heteroatoms. The van der Waals surface area contributed by atoms with Crippen LogP contribution in [0.3, 0.4) is 0 Å². The molecule has 1 aromatic carbocycles. The molecule has 2 aromatic rings. The van der Waals surface area contributed by atoms with Crippen molar-refractivity contribution in [3.05, 3.63) is 36.2 Å². The number of anilines is 2. The molecular formula is C17H21FN4O3. The Morgan fingerprint density at radius 2 is 2.32 bits per heavy atom. The van der Waals surface area contributed by atoms with Crippen molar-refractivity contribution in [1.82, 2.24) is 9.97 Å². The second kappa shape index (κ2) is 7.42. The van der Waals surface area contributed by atoms with E-state index in [4.69, 9.17) is 9.47 Å². The third-order valence-corrected chi connectivity index (χ3v) is 3.98. The van der Waals surface area contributed by atoms with Gasteiger partial charge in [0.1, 0.15) is 6.61 Å². The predicted octanol–water partition coefficient (Wildman–Crippen LogP) is 2.93. The van der Waals surface area contributed by atoms with Crippen LogP contribution in [0.2, 0.25) is 0 Å². The van der Waals surface area contributed by atoms with E-state index < -0.39 is 11.9 Å². The monoisotopic (exact) mass is 348 g/mol. The Morgan fingerprint density at radius 1 is 1.48 bits per heavy atom. The number of rotatable bonds is 5. The number of halogens is 1. The number of nitrogens with one attached hydrogen (secondary N) is 1. The summed E-state index contributed by atoms with van der Waals surface area (Å²) in [5.74, 6) is -0.299. The Kier molecular flexibility index (Phi) is 5.06. The average Bonchev–Trinajstić information content (AvgIpc) is 3.10. The zero-order chi connectivity index (χ0) is 17.8. The summed E-state index contributed by atoms with van der Waals surface area (Å²) < 4.78 is 25.1. The van der Waals surface area contributed by atoms with Gasteiger partial charge in [0.05, 0.1) is 43.1 Å². The number of carbonyl (C=O) groups excluding carboxylic acids is 1. The quantitative estimate of drug-likeness (QED) is 0.900. The van der Waals surface area contributed by atoms with Gasteiger partial charge in [0.25, 0.3) is 0 Å². The van der Waals surface area contributed by atoms with Crippen molar-refractivity contribution in [2.24, 2.45) is 0 Å². The first kappa shape index (κ1) is 17.1. The zero-order valence-corrected chi connectivity index (χ0v) is 14.3. The molecule has 134 valence electrons. The van der Waals surface area contributed by atoms with Gasteiger partial charge < -0.3 is 19.4 Å². The second-order valence-electron chi connectivity index (χ2n) is 5.55. The van der Waals surface area contributed by atoms with Gasteiger partial charge in [0, 0.05) is 18.8 Å². The molecule has 0 aliphatic carbocycles.